The van der Waals surface area contributed by atoms with E-state index < -0.39 is 11.9 Å². The van der Waals surface area contributed by atoms with Crippen LogP contribution in [-0.4, -0.2) is 61.9 Å². The number of benzene rings is 2. The van der Waals surface area contributed by atoms with E-state index in [-0.39, 0.29) is 12.5 Å². The minimum Gasteiger partial charge on any atom is -0.490 e. The molecule has 1 aliphatic rings. The van der Waals surface area contributed by atoms with Gasteiger partial charge in [0.1, 0.15) is 0 Å². The predicted octanol–water partition coefficient (Wildman–Crippen LogP) is 4.81. The van der Waals surface area contributed by atoms with Crippen molar-refractivity contribution in [3.05, 3.63) is 56.9 Å². The Balaban J connectivity index is 1.93. The zero-order valence-electron chi connectivity index (χ0n) is 20.2. The topological polar surface area (TPSA) is 104 Å². The Kier molecular flexibility index (Phi) is 9.54. The van der Waals surface area contributed by atoms with Crippen molar-refractivity contribution < 1.29 is 33.3 Å². The fourth-order valence-corrected chi connectivity index (χ4v) is 4.85. The number of amides is 1. The molecule has 3 rings (SSSR count). The van der Waals surface area contributed by atoms with Crippen molar-refractivity contribution in [2.45, 2.75) is 13.8 Å². The minimum atomic E-state index is -0.521. The first-order chi connectivity index (χ1) is 17.3. The molecule has 2 aromatic carbocycles. The Labute approximate surface area is 221 Å². The number of likely N-dealkylation sites (N-methyl/N-ethyl adjacent to an activating group) is 1. The largest absolute Gasteiger partial charge is 0.490 e. The molecule has 0 saturated carbocycles. The normalized spacial score (nSPS) is 15.4. The number of methoxy groups -OCH3 is 2. The summed E-state index contributed by atoms with van der Waals surface area (Å²) in [6, 6.07) is 10.2. The number of rotatable bonds is 9. The molecule has 0 bridgehead atoms. The van der Waals surface area contributed by atoms with Gasteiger partial charge in [-0.05, 0) is 83.5 Å². The third-order valence-electron chi connectivity index (χ3n) is 4.89. The van der Waals surface area contributed by atoms with E-state index in [2.05, 4.69) is 25.7 Å². The standard InChI is InChI=1S/C25H25BrN2O7S/c1-5-28-23(30)20(36-25(28)27-17-9-7-8-16(13-17)24(31)33-4)12-15-10-18(26)22(19(11-15)34-6-2)35-14-21(29)32-3/h7-13H,5-6,14H2,1-4H3. The van der Waals surface area contributed by atoms with Crippen LogP contribution in [0.1, 0.15) is 29.8 Å². The maximum Gasteiger partial charge on any atom is 0.343 e. The van der Waals surface area contributed by atoms with E-state index in [0.29, 0.717) is 56.0 Å². The zero-order valence-corrected chi connectivity index (χ0v) is 22.6. The van der Waals surface area contributed by atoms with Gasteiger partial charge in [0.15, 0.2) is 23.3 Å². The van der Waals surface area contributed by atoms with Crippen LogP contribution in [0.2, 0.25) is 0 Å². The molecule has 11 heteroatoms. The minimum absolute atomic E-state index is 0.189. The van der Waals surface area contributed by atoms with Gasteiger partial charge in [0.2, 0.25) is 0 Å². The van der Waals surface area contributed by atoms with Crippen LogP contribution in [-0.2, 0) is 19.1 Å². The number of thioether (sulfide) groups is 1. The Hall–Kier alpha value is -3.31. The van der Waals surface area contributed by atoms with Gasteiger partial charge in [0, 0.05) is 6.54 Å². The molecule has 0 N–H and O–H groups in total. The average molecular weight is 577 g/mol. The van der Waals surface area contributed by atoms with E-state index >= 15 is 0 Å². The highest BCUT2D eigenvalue weighted by Crippen LogP contribution is 2.39. The fourth-order valence-electron chi connectivity index (χ4n) is 3.22. The van der Waals surface area contributed by atoms with Gasteiger partial charge >= 0.3 is 11.9 Å². The van der Waals surface area contributed by atoms with E-state index in [1.54, 1.807) is 47.4 Å². The molecular weight excluding hydrogens is 552 g/mol. The molecule has 190 valence electrons. The molecule has 0 aromatic heterocycles. The molecular formula is C25H25BrN2O7S. The van der Waals surface area contributed by atoms with Crippen molar-refractivity contribution in [2.75, 3.05) is 34.0 Å². The predicted molar refractivity (Wildman–Crippen MR) is 141 cm³/mol. The molecule has 1 aliphatic heterocycles. The third-order valence-corrected chi connectivity index (χ3v) is 6.48. The summed E-state index contributed by atoms with van der Waals surface area (Å²) in [7, 11) is 2.60. The van der Waals surface area contributed by atoms with Gasteiger partial charge < -0.3 is 18.9 Å². The van der Waals surface area contributed by atoms with Gasteiger partial charge in [0.05, 0.1) is 41.5 Å². The molecule has 0 unspecified atom stereocenters. The number of carbonyl (C=O) groups is 3. The van der Waals surface area contributed by atoms with Crippen LogP contribution in [0.25, 0.3) is 6.08 Å². The summed E-state index contributed by atoms with van der Waals surface area (Å²) in [5.41, 5.74) is 1.59. The van der Waals surface area contributed by atoms with Crippen molar-refractivity contribution in [3.63, 3.8) is 0 Å². The molecule has 0 atom stereocenters. The van der Waals surface area contributed by atoms with Crippen LogP contribution >= 0.6 is 27.7 Å². The monoisotopic (exact) mass is 576 g/mol. The lowest BCUT2D eigenvalue weighted by Crippen LogP contribution is -2.28. The van der Waals surface area contributed by atoms with Crippen molar-refractivity contribution in [2.24, 2.45) is 4.99 Å². The number of nitrogens with zero attached hydrogens (tertiary/aromatic N) is 2. The number of carbonyl (C=O) groups excluding carboxylic acids is 3. The summed E-state index contributed by atoms with van der Waals surface area (Å²) in [6.07, 6.45) is 1.74. The molecule has 2 aromatic rings. The zero-order chi connectivity index (χ0) is 26.2. The van der Waals surface area contributed by atoms with E-state index in [0.717, 1.165) is 0 Å². The maximum absolute atomic E-state index is 13.1. The number of amidine groups is 1. The fraction of sp³-hybridized carbons (Fsp3) is 0.280. The number of hydrogen-bond acceptors (Lipinski definition) is 9. The molecule has 0 aliphatic carbocycles. The summed E-state index contributed by atoms with van der Waals surface area (Å²) in [6.45, 7) is 4.22. The maximum atomic E-state index is 13.1. The second-order valence-corrected chi connectivity index (χ2v) is 9.09. The van der Waals surface area contributed by atoms with Crippen LogP contribution < -0.4 is 9.47 Å². The van der Waals surface area contributed by atoms with E-state index in [4.69, 9.17) is 14.2 Å². The lowest BCUT2D eigenvalue weighted by Gasteiger charge is -2.14. The summed E-state index contributed by atoms with van der Waals surface area (Å²) in [4.78, 5) is 43.1. The number of halogens is 1. The molecule has 1 fully saturated rings. The lowest BCUT2D eigenvalue weighted by atomic mass is 10.2. The number of hydrogen-bond donors (Lipinski definition) is 0. The average Bonchev–Trinajstić information content (AvgIpc) is 3.16. The highest BCUT2D eigenvalue weighted by molar-refractivity contribution is 9.10. The highest BCUT2D eigenvalue weighted by Gasteiger charge is 2.32. The van der Waals surface area contributed by atoms with Gasteiger partial charge in [0.25, 0.3) is 5.91 Å². The van der Waals surface area contributed by atoms with Crippen molar-refractivity contribution >= 4 is 62.5 Å². The second-order valence-electron chi connectivity index (χ2n) is 7.22. The Morgan fingerprint density at radius 2 is 1.89 bits per heavy atom. The van der Waals surface area contributed by atoms with Crippen LogP contribution in [0.15, 0.2) is 50.8 Å². The highest BCUT2D eigenvalue weighted by atomic mass is 79.9. The number of esters is 2. The summed E-state index contributed by atoms with van der Waals surface area (Å²) >= 11 is 4.69. The van der Waals surface area contributed by atoms with Crippen molar-refractivity contribution in [1.29, 1.82) is 0 Å². The molecule has 1 heterocycles. The number of aliphatic imine (C=N–C) groups is 1. The quantitative estimate of drug-likeness (QED) is 0.309. The van der Waals surface area contributed by atoms with E-state index in [1.807, 2.05) is 13.8 Å². The Bertz CT molecular complexity index is 1230. The molecule has 1 saturated heterocycles. The lowest BCUT2D eigenvalue weighted by molar-refractivity contribution is -0.143. The summed E-state index contributed by atoms with van der Waals surface area (Å²) in [5.74, 6) is -0.399. The van der Waals surface area contributed by atoms with Crippen molar-refractivity contribution in [1.82, 2.24) is 4.90 Å². The Morgan fingerprint density at radius 1 is 1.11 bits per heavy atom. The molecule has 36 heavy (non-hydrogen) atoms. The van der Waals surface area contributed by atoms with Crippen LogP contribution in [0.5, 0.6) is 11.5 Å². The van der Waals surface area contributed by atoms with Crippen LogP contribution in [0.3, 0.4) is 0 Å². The van der Waals surface area contributed by atoms with Gasteiger partial charge in [-0.1, -0.05) is 6.07 Å². The van der Waals surface area contributed by atoms with E-state index in [9.17, 15) is 14.4 Å². The molecule has 1 amide bonds. The molecule has 0 radical (unpaired) electrons. The first kappa shape index (κ1) is 27.3. The van der Waals surface area contributed by atoms with Gasteiger partial charge in [-0.25, -0.2) is 14.6 Å². The first-order valence-corrected chi connectivity index (χ1v) is 12.6. The number of ether oxygens (including phenoxy) is 4. The summed E-state index contributed by atoms with van der Waals surface area (Å²) < 4.78 is 21.2. The summed E-state index contributed by atoms with van der Waals surface area (Å²) in [5, 5.41) is 0.498. The van der Waals surface area contributed by atoms with E-state index in [1.165, 1.54) is 26.0 Å². The van der Waals surface area contributed by atoms with Crippen LogP contribution in [0, 0.1) is 0 Å². The van der Waals surface area contributed by atoms with Gasteiger partial charge in [-0.15, -0.1) is 0 Å². The molecule has 0 spiro atoms. The SMILES string of the molecule is CCOc1cc(C=C2SC(=Nc3cccc(C(=O)OC)c3)N(CC)C2=O)cc(Br)c1OCC(=O)OC. The smallest absolute Gasteiger partial charge is 0.343 e. The van der Waals surface area contributed by atoms with Crippen molar-refractivity contribution in [3.8, 4) is 11.5 Å². The Morgan fingerprint density at radius 3 is 2.56 bits per heavy atom. The van der Waals surface area contributed by atoms with Crippen LogP contribution in [0.4, 0.5) is 5.69 Å². The third kappa shape index (κ3) is 6.46. The van der Waals surface area contributed by atoms with Gasteiger partial charge in [-0.3, -0.25) is 9.69 Å². The first-order valence-electron chi connectivity index (χ1n) is 11.0. The second kappa shape index (κ2) is 12.6. The van der Waals surface area contributed by atoms with Gasteiger partial charge in [-0.2, -0.15) is 0 Å². The molecule has 9 nitrogen and oxygen atoms in total.